The molecule has 3 heterocycles. The van der Waals surface area contributed by atoms with Crippen molar-refractivity contribution in [1.29, 1.82) is 0 Å². The summed E-state index contributed by atoms with van der Waals surface area (Å²) in [5, 5.41) is 0. The van der Waals surface area contributed by atoms with E-state index in [1.165, 1.54) is 9.75 Å². The summed E-state index contributed by atoms with van der Waals surface area (Å²) in [6.07, 6.45) is 0. The Morgan fingerprint density at radius 3 is 1.88 bits per heavy atom. The van der Waals surface area contributed by atoms with E-state index in [1.807, 2.05) is 0 Å². The lowest BCUT2D eigenvalue weighted by Crippen LogP contribution is -2.25. The smallest absolute Gasteiger partial charge is 0.225 e. The minimum absolute atomic E-state index is 0.643. The van der Waals surface area contributed by atoms with Crippen LogP contribution in [0.5, 0.6) is 0 Å². The number of fused-ring (bicyclic) bond motifs is 5. The number of ether oxygens (including phenoxy) is 2. The summed E-state index contributed by atoms with van der Waals surface area (Å²) in [7, 11) is 0. The Kier molecular flexibility index (Phi) is 2.39. The molecule has 0 amide bonds. The third kappa shape index (κ3) is 1.37. The highest BCUT2D eigenvalue weighted by Gasteiger charge is 2.50. The fraction of sp³-hybridized carbons (Fsp3) is 0.273. The van der Waals surface area contributed by atoms with Gasteiger partial charge in [-0.25, -0.2) is 0 Å². The molecule has 1 aliphatic heterocycles. The lowest BCUT2D eigenvalue weighted by molar-refractivity contribution is -0.126. The van der Waals surface area contributed by atoms with Gasteiger partial charge in [-0.15, -0.1) is 22.7 Å². The molecule has 1 spiro atoms. The average molecular weight is 394 g/mol. The summed E-state index contributed by atoms with van der Waals surface area (Å²) in [5.74, 6) is -0.643. The maximum absolute atomic E-state index is 5.93. The minimum atomic E-state index is -0.643. The largest absolute Gasteiger partial charge is 0.340 e. The van der Waals surface area contributed by atoms with Gasteiger partial charge in [-0.1, -0.05) is 0 Å². The van der Waals surface area contributed by atoms with E-state index in [0.717, 1.165) is 18.7 Å². The van der Waals surface area contributed by atoms with E-state index in [-0.39, 0.29) is 0 Å². The highest BCUT2D eigenvalue weighted by molar-refractivity contribution is 9.11. The predicted octanol–water partition coefficient (Wildman–Crippen LogP) is 4.56. The van der Waals surface area contributed by atoms with E-state index in [1.54, 1.807) is 22.7 Å². The monoisotopic (exact) mass is 392 g/mol. The first-order valence-electron chi connectivity index (χ1n) is 5.08. The zero-order valence-corrected chi connectivity index (χ0v) is 13.3. The molecular formula is C11H6Br2O2S2. The van der Waals surface area contributed by atoms with E-state index in [9.17, 15) is 0 Å². The van der Waals surface area contributed by atoms with Gasteiger partial charge in [-0.3, -0.25) is 0 Å². The fourth-order valence-electron chi connectivity index (χ4n) is 2.42. The second-order valence-corrected chi connectivity index (χ2v) is 8.76. The summed E-state index contributed by atoms with van der Waals surface area (Å²) in [4.78, 5) is 2.54. The molecule has 2 aliphatic rings. The van der Waals surface area contributed by atoms with Crippen LogP contribution in [0.1, 0.15) is 11.1 Å². The van der Waals surface area contributed by atoms with E-state index in [4.69, 9.17) is 9.47 Å². The second-order valence-electron chi connectivity index (χ2n) is 3.90. The van der Waals surface area contributed by atoms with Crippen LogP contribution in [-0.2, 0) is 15.3 Å². The molecule has 1 saturated heterocycles. The molecule has 0 saturated carbocycles. The van der Waals surface area contributed by atoms with Gasteiger partial charge in [-0.2, -0.15) is 0 Å². The number of thiophene rings is 2. The molecule has 2 nitrogen and oxygen atoms in total. The molecule has 6 heteroatoms. The summed E-state index contributed by atoms with van der Waals surface area (Å²) < 4.78 is 14.1. The van der Waals surface area contributed by atoms with Crippen LogP contribution in [0.4, 0.5) is 0 Å². The molecule has 0 radical (unpaired) electrons. The van der Waals surface area contributed by atoms with Crippen LogP contribution in [-0.4, -0.2) is 13.2 Å². The Balaban J connectivity index is 2.06. The molecular weight excluding hydrogens is 388 g/mol. The molecule has 0 bridgehead atoms. The summed E-state index contributed by atoms with van der Waals surface area (Å²) in [6.45, 7) is 1.31. The van der Waals surface area contributed by atoms with Crippen LogP contribution < -0.4 is 0 Å². The quantitative estimate of drug-likeness (QED) is 0.652. The third-order valence-corrected chi connectivity index (χ3v) is 6.45. The zero-order chi connectivity index (χ0) is 11.6. The van der Waals surface area contributed by atoms with E-state index in [2.05, 4.69) is 44.0 Å². The van der Waals surface area contributed by atoms with Crippen molar-refractivity contribution in [2.45, 2.75) is 5.79 Å². The van der Waals surface area contributed by atoms with Gasteiger partial charge in [0, 0.05) is 11.1 Å². The van der Waals surface area contributed by atoms with Crippen molar-refractivity contribution in [3.05, 3.63) is 30.8 Å². The molecule has 0 N–H and O–H groups in total. The zero-order valence-electron chi connectivity index (χ0n) is 8.46. The van der Waals surface area contributed by atoms with Crippen molar-refractivity contribution < 1.29 is 9.47 Å². The second kappa shape index (κ2) is 3.65. The van der Waals surface area contributed by atoms with Crippen LogP contribution in [0.25, 0.3) is 9.75 Å². The van der Waals surface area contributed by atoms with Crippen molar-refractivity contribution in [2.75, 3.05) is 13.2 Å². The molecule has 4 rings (SSSR count). The summed E-state index contributed by atoms with van der Waals surface area (Å²) in [6, 6.07) is 4.23. The Morgan fingerprint density at radius 2 is 1.41 bits per heavy atom. The van der Waals surface area contributed by atoms with E-state index in [0.29, 0.717) is 13.2 Å². The van der Waals surface area contributed by atoms with Crippen molar-refractivity contribution in [2.24, 2.45) is 0 Å². The van der Waals surface area contributed by atoms with Gasteiger partial charge in [0.05, 0.1) is 30.5 Å². The number of rotatable bonds is 0. The molecule has 88 valence electrons. The Bertz CT molecular complexity index is 563. The van der Waals surface area contributed by atoms with E-state index >= 15 is 0 Å². The first-order valence-corrected chi connectivity index (χ1v) is 8.30. The van der Waals surface area contributed by atoms with E-state index < -0.39 is 5.79 Å². The molecule has 0 unspecified atom stereocenters. The molecule has 0 aromatic carbocycles. The fourth-order valence-corrected chi connectivity index (χ4v) is 5.85. The number of halogens is 2. The van der Waals surface area contributed by atoms with Gasteiger partial charge in [0.15, 0.2) is 0 Å². The lowest BCUT2D eigenvalue weighted by atomic mass is 10.1. The van der Waals surface area contributed by atoms with Gasteiger partial charge < -0.3 is 9.47 Å². The molecule has 17 heavy (non-hydrogen) atoms. The Hall–Kier alpha value is 0.280. The van der Waals surface area contributed by atoms with Crippen LogP contribution in [0.3, 0.4) is 0 Å². The normalized spacial score (nSPS) is 19.9. The first-order chi connectivity index (χ1) is 8.21. The predicted molar refractivity (Wildman–Crippen MR) is 75.7 cm³/mol. The van der Waals surface area contributed by atoms with Crippen molar-refractivity contribution >= 4 is 54.5 Å². The van der Waals surface area contributed by atoms with Crippen LogP contribution in [0.15, 0.2) is 19.7 Å². The van der Waals surface area contributed by atoms with Crippen molar-refractivity contribution in [3.63, 3.8) is 0 Å². The summed E-state index contributed by atoms with van der Waals surface area (Å²) >= 11 is 10.6. The number of hydrogen-bond acceptors (Lipinski definition) is 4. The van der Waals surface area contributed by atoms with Gasteiger partial charge in [0.1, 0.15) is 0 Å². The Morgan fingerprint density at radius 1 is 0.941 bits per heavy atom. The molecule has 1 fully saturated rings. The van der Waals surface area contributed by atoms with Gasteiger partial charge in [0.2, 0.25) is 5.79 Å². The molecule has 2 aromatic heterocycles. The number of hydrogen-bond donors (Lipinski definition) is 0. The van der Waals surface area contributed by atoms with Crippen molar-refractivity contribution in [1.82, 2.24) is 0 Å². The first kappa shape index (κ1) is 11.1. The minimum Gasteiger partial charge on any atom is -0.340 e. The van der Waals surface area contributed by atoms with Gasteiger partial charge in [-0.05, 0) is 44.0 Å². The highest BCUT2D eigenvalue weighted by Crippen LogP contribution is 2.59. The maximum atomic E-state index is 5.93. The van der Waals surface area contributed by atoms with Crippen molar-refractivity contribution in [3.8, 4) is 9.75 Å². The topological polar surface area (TPSA) is 18.5 Å². The highest BCUT2D eigenvalue weighted by atomic mass is 79.9. The maximum Gasteiger partial charge on any atom is 0.225 e. The summed E-state index contributed by atoms with van der Waals surface area (Å²) in [5.41, 5.74) is 2.31. The lowest BCUT2D eigenvalue weighted by Gasteiger charge is -2.22. The van der Waals surface area contributed by atoms with Crippen LogP contribution in [0, 0.1) is 0 Å². The van der Waals surface area contributed by atoms with Crippen LogP contribution >= 0.6 is 54.5 Å². The van der Waals surface area contributed by atoms with Gasteiger partial charge >= 0.3 is 0 Å². The molecule has 2 aromatic rings. The van der Waals surface area contributed by atoms with Gasteiger partial charge in [0.25, 0.3) is 0 Å². The third-order valence-electron chi connectivity index (χ3n) is 3.01. The Labute approximate surface area is 123 Å². The SMILES string of the molecule is Brc1cc2c(s1)-c1sc(Br)cc1C21OCCO1. The molecule has 1 aliphatic carbocycles. The average Bonchev–Trinajstić information content (AvgIpc) is 2.96. The standard InChI is InChI=1S/C11H6Br2O2S2/c12-7-3-5-9(16-7)10-6(4-8(13)17-10)11(5)14-1-2-15-11/h3-4H,1-2H2. The molecule has 0 atom stereocenters. The van der Waals surface area contributed by atoms with Crippen LogP contribution in [0.2, 0.25) is 0 Å².